The number of amides is 1. The fraction of sp³-hybridized carbons (Fsp3) is 0.250. The topological polar surface area (TPSA) is 20.3 Å². The van der Waals surface area contributed by atoms with Crippen molar-refractivity contribution in [2.24, 2.45) is 0 Å². The lowest BCUT2D eigenvalue weighted by Crippen LogP contribution is -2.37. The number of carbonyl (C=O) groups excluding carboxylic acids is 1. The minimum absolute atomic E-state index is 0.00569. The Labute approximate surface area is 132 Å². The molecule has 112 valence electrons. The Morgan fingerprint density at radius 3 is 2.73 bits per heavy atom. The van der Waals surface area contributed by atoms with Crippen LogP contribution in [0.25, 0.3) is 0 Å². The number of rotatable bonds is 3. The molecule has 0 aromatic heterocycles. The smallest absolute Gasteiger partial charge is 0.246 e. The summed E-state index contributed by atoms with van der Waals surface area (Å²) >= 11 is 0. The van der Waals surface area contributed by atoms with E-state index in [0.717, 1.165) is 13.0 Å². The molecule has 0 saturated heterocycles. The summed E-state index contributed by atoms with van der Waals surface area (Å²) in [5, 5.41) is 0. The van der Waals surface area contributed by atoms with Crippen molar-refractivity contribution in [2.45, 2.75) is 25.8 Å². The first-order chi connectivity index (χ1) is 10.7. The molecule has 1 aliphatic heterocycles. The molecule has 1 heterocycles. The van der Waals surface area contributed by atoms with Crippen LogP contribution in [0.2, 0.25) is 0 Å². The average Bonchev–Trinajstić information content (AvgIpc) is 2.60. The Kier molecular flexibility index (Phi) is 4.10. The third-order valence-corrected chi connectivity index (χ3v) is 4.45. The molecule has 2 heteroatoms. The van der Waals surface area contributed by atoms with Crippen LogP contribution < -0.4 is 0 Å². The van der Waals surface area contributed by atoms with Crippen LogP contribution in [0.5, 0.6) is 0 Å². The van der Waals surface area contributed by atoms with Gasteiger partial charge >= 0.3 is 0 Å². The van der Waals surface area contributed by atoms with Gasteiger partial charge in [-0.25, -0.2) is 0 Å². The number of hydrogen-bond donors (Lipinski definition) is 0. The zero-order chi connectivity index (χ0) is 15.5. The van der Waals surface area contributed by atoms with Gasteiger partial charge in [0.15, 0.2) is 0 Å². The molecule has 2 aromatic rings. The largest absolute Gasteiger partial charge is 0.334 e. The third-order valence-electron chi connectivity index (χ3n) is 4.45. The van der Waals surface area contributed by atoms with Gasteiger partial charge in [-0.2, -0.15) is 0 Å². The van der Waals surface area contributed by atoms with Crippen LogP contribution >= 0.6 is 0 Å². The molecule has 0 bridgehead atoms. The summed E-state index contributed by atoms with van der Waals surface area (Å²) < 4.78 is 0. The molecule has 1 unspecified atom stereocenters. The molecule has 0 saturated carbocycles. The quantitative estimate of drug-likeness (QED) is 0.785. The molecule has 1 amide bonds. The molecule has 2 aromatic carbocycles. The first-order valence-electron chi connectivity index (χ1n) is 7.81. The van der Waals surface area contributed by atoms with Crippen LogP contribution in [0, 0.1) is 0 Å². The molecule has 0 aliphatic carbocycles. The predicted molar refractivity (Wildman–Crippen MR) is 89.7 cm³/mol. The first-order valence-corrected chi connectivity index (χ1v) is 7.81. The molecule has 22 heavy (non-hydrogen) atoms. The Hall–Kier alpha value is -2.35. The normalized spacial score (nSPS) is 17.0. The molecule has 0 spiro atoms. The minimum Gasteiger partial charge on any atom is -0.334 e. The van der Waals surface area contributed by atoms with Gasteiger partial charge in [0.05, 0.1) is 0 Å². The van der Waals surface area contributed by atoms with Crippen molar-refractivity contribution in [3.63, 3.8) is 0 Å². The van der Waals surface area contributed by atoms with Gasteiger partial charge in [0.1, 0.15) is 0 Å². The van der Waals surface area contributed by atoms with E-state index in [9.17, 15) is 4.79 Å². The fourth-order valence-corrected chi connectivity index (χ4v) is 3.19. The number of fused-ring (bicyclic) bond motifs is 1. The lowest BCUT2D eigenvalue weighted by molar-refractivity contribution is -0.127. The SMILES string of the molecule is C=CC(=O)N1Cc2ccc(CC)cc2C(c2ccccc2)C1. The number of hydrogen-bond acceptors (Lipinski definition) is 1. The highest BCUT2D eigenvalue weighted by atomic mass is 16.2. The van der Waals surface area contributed by atoms with Crippen LogP contribution in [-0.2, 0) is 17.8 Å². The maximum Gasteiger partial charge on any atom is 0.246 e. The van der Waals surface area contributed by atoms with E-state index in [2.05, 4.69) is 56.0 Å². The fourth-order valence-electron chi connectivity index (χ4n) is 3.19. The van der Waals surface area contributed by atoms with E-state index in [-0.39, 0.29) is 11.8 Å². The highest BCUT2D eigenvalue weighted by Crippen LogP contribution is 2.34. The van der Waals surface area contributed by atoms with Gasteiger partial charge in [-0.3, -0.25) is 4.79 Å². The van der Waals surface area contributed by atoms with Gasteiger partial charge < -0.3 is 4.90 Å². The summed E-state index contributed by atoms with van der Waals surface area (Å²) in [4.78, 5) is 14.0. The number of benzene rings is 2. The van der Waals surface area contributed by atoms with E-state index in [4.69, 9.17) is 0 Å². The molecule has 0 N–H and O–H groups in total. The summed E-state index contributed by atoms with van der Waals surface area (Å²) in [7, 11) is 0. The average molecular weight is 291 g/mol. The molecule has 0 radical (unpaired) electrons. The van der Waals surface area contributed by atoms with Gasteiger partial charge in [-0.15, -0.1) is 0 Å². The summed E-state index contributed by atoms with van der Waals surface area (Å²) in [6, 6.07) is 17.1. The van der Waals surface area contributed by atoms with Crippen molar-refractivity contribution < 1.29 is 4.79 Å². The third kappa shape index (κ3) is 2.69. The number of aryl methyl sites for hydroxylation is 1. The monoisotopic (exact) mass is 291 g/mol. The van der Waals surface area contributed by atoms with Crippen LogP contribution in [-0.4, -0.2) is 17.4 Å². The molecule has 1 atom stereocenters. The molecule has 1 aliphatic rings. The van der Waals surface area contributed by atoms with Gasteiger partial charge in [-0.1, -0.05) is 62.0 Å². The van der Waals surface area contributed by atoms with Crippen LogP contribution in [0.4, 0.5) is 0 Å². The van der Waals surface area contributed by atoms with Crippen molar-refractivity contribution in [1.29, 1.82) is 0 Å². The first kappa shape index (κ1) is 14.6. The second-order valence-corrected chi connectivity index (χ2v) is 5.77. The summed E-state index contributed by atoms with van der Waals surface area (Å²) in [5.41, 5.74) is 5.22. The summed E-state index contributed by atoms with van der Waals surface area (Å²) in [5.74, 6) is 0.242. The standard InChI is InChI=1S/C20H21NO/c1-3-15-10-11-17-13-21(20(22)4-2)14-19(18(17)12-15)16-8-6-5-7-9-16/h4-12,19H,2-3,13-14H2,1H3. The Bertz CT molecular complexity index is 690. The van der Waals surface area contributed by atoms with Gasteiger partial charge in [-0.05, 0) is 34.8 Å². The minimum atomic E-state index is 0.00569. The second-order valence-electron chi connectivity index (χ2n) is 5.77. The van der Waals surface area contributed by atoms with E-state index in [1.807, 2.05) is 11.0 Å². The van der Waals surface area contributed by atoms with Crippen molar-refractivity contribution in [1.82, 2.24) is 4.90 Å². The zero-order valence-electron chi connectivity index (χ0n) is 13.0. The second kappa shape index (κ2) is 6.18. The van der Waals surface area contributed by atoms with Crippen LogP contribution in [0.3, 0.4) is 0 Å². The molecule has 0 fully saturated rings. The van der Waals surface area contributed by atoms with Crippen LogP contribution in [0.1, 0.15) is 35.1 Å². The highest BCUT2D eigenvalue weighted by molar-refractivity contribution is 5.87. The number of carbonyl (C=O) groups is 1. The van der Waals surface area contributed by atoms with Gasteiger partial charge in [0, 0.05) is 19.0 Å². The maximum absolute atomic E-state index is 12.1. The van der Waals surface area contributed by atoms with E-state index in [1.54, 1.807) is 0 Å². The van der Waals surface area contributed by atoms with E-state index >= 15 is 0 Å². The van der Waals surface area contributed by atoms with Gasteiger partial charge in [0.25, 0.3) is 0 Å². The number of nitrogens with zero attached hydrogens (tertiary/aromatic N) is 1. The van der Waals surface area contributed by atoms with Crippen molar-refractivity contribution in [3.8, 4) is 0 Å². The zero-order valence-corrected chi connectivity index (χ0v) is 13.0. The Morgan fingerprint density at radius 1 is 1.27 bits per heavy atom. The van der Waals surface area contributed by atoms with Gasteiger partial charge in [0.2, 0.25) is 5.91 Å². The molecular weight excluding hydrogens is 270 g/mol. The molecule has 2 nitrogen and oxygen atoms in total. The summed E-state index contributed by atoms with van der Waals surface area (Å²) in [6.45, 7) is 7.19. The summed E-state index contributed by atoms with van der Waals surface area (Å²) in [6.07, 6.45) is 2.44. The maximum atomic E-state index is 12.1. The Morgan fingerprint density at radius 2 is 2.05 bits per heavy atom. The van der Waals surface area contributed by atoms with Crippen molar-refractivity contribution in [2.75, 3.05) is 6.54 Å². The predicted octanol–water partition coefficient (Wildman–Crippen LogP) is 3.91. The van der Waals surface area contributed by atoms with Crippen LogP contribution in [0.15, 0.2) is 61.2 Å². The Balaban J connectivity index is 2.07. The van der Waals surface area contributed by atoms with Crippen molar-refractivity contribution >= 4 is 5.91 Å². The molecule has 3 rings (SSSR count). The highest BCUT2D eigenvalue weighted by Gasteiger charge is 2.28. The van der Waals surface area contributed by atoms with E-state index < -0.39 is 0 Å². The van der Waals surface area contributed by atoms with E-state index in [1.165, 1.54) is 28.3 Å². The molecular formula is C20H21NO. The van der Waals surface area contributed by atoms with Crippen molar-refractivity contribution in [3.05, 3.63) is 83.4 Å². The lowest BCUT2D eigenvalue weighted by Gasteiger charge is -2.35. The lowest BCUT2D eigenvalue weighted by atomic mass is 9.83. The van der Waals surface area contributed by atoms with E-state index in [0.29, 0.717) is 6.54 Å².